The van der Waals surface area contributed by atoms with Gasteiger partial charge in [-0.2, -0.15) is 0 Å². The minimum atomic E-state index is -0.778. The lowest BCUT2D eigenvalue weighted by molar-refractivity contribution is -0.170. The molecule has 0 radical (unpaired) electrons. The fraction of sp³-hybridized carbons (Fsp3) is 0.875. The first-order valence-electron chi connectivity index (χ1n) is 4.19. The van der Waals surface area contributed by atoms with Crippen molar-refractivity contribution >= 4 is 17.7 Å². The van der Waals surface area contributed by atoms with E-state index in [0.29, 0.717) is 25.9 Å². The molecule has 5 heteroatoms. The van der Waals surface area contributed by atoms with Crippen LogP contribution in [0.25, 0.3) is 0 Å². The van der Waals surface area contributed by atoms with Gasteiger partial charge >= 0.3 is 5.97 Å². The Labute approximate surface area is 82.9 Å². The number of hydrogen-bond donors (Lipinski definition) is 0. The second kappa shape index (κ2) is 4.26. The van der Waals surface area contributed by atoms with Gasteiger partial charge in [0.2, 0.25) is 0 Å². The average molecular weight is 208 g/mol. The summed E-state index contributed by atoms with van der Waals surface area (Å²) in [5, 5.41) is 0. The van der Waals surface area contributed by atoms with Gasteiger partial charge in [-0.15, -0.1) is 0 Å². The molecule has 0 aromatic heterocycles. The predicted octanol–water partition coefficient (Wildman–Crippen LogP) is 0.794. The number of hydrogen-bond acceptors (Lipinski definition) is 4. The van der Waals surface area contributed by atoms with E-state index in [4.69, 9.17) is 21.3 Å². The first-order valence-corrected chi connectivity index (χ1v) is 4.53. The molecule has 0 aromatic rings. The molecule has 13 heavy (non-hydrogen) atoms. The molecular formula is C8H14ClNO3. The summed E-state index contributed by atoms with van der Waals surface area (Å²) in [7, 11) is 2.90. The molecule has 0 aromatic carbocycles. The molecular weight excluding hydrogens is 194 g/mol. The largest absolute Gasteiger partial charge is 0.467 e. The van der Waals surface area contributed by atoms with E-state index in [0.717, 1.165) is 0 Å². The molecule has 0 saturated carbocycles. The molecule has 0 spiro atoms. The third kappa shape index (κ3) is 2.13. The van der Waals surface area contributed by atoms with Crippen molar-refractivity contribution in [1.82, 2.24) is 4.42 Å². The van der Waals surface area contributed by atoms with Gasteiger partial charge in [-0.25, -0.2) is 9.21 Å². The van der Waals surface area contributed by atoms with Crippen LogP contribution in [0.3, 0.4) is 0 Å². The molecule has 0 aliphatic carbocycles. The maximum Gasteiger partial charge on any atom is 0.338 e. The summed E-state index contributed by atoms with van der Waals surface area (Å²) in [5.41, 5.74) is -0.778. The van der Waals surface area contributed by atoms with Crippen LogP contribution in [-0.4, -0.2) is 43.3 Å². The molecule has 1 aliphatic rings. The fourth-order valence-corrected chi connectivity index (χ4v) is 1.69. The van der Waals surface area contributed by atoms with E-state index in [1.54, 1.807) is 4.42 Å². The highest BCUT2D eigenvalue weighted by molar-refractivity contribution is 6.13. The van der Waals surface area contributed by atoms with Gasteiger partial charge in [0.25, 0.3) is 0 Å². The van der Waals surface area contributed by atoms with Crippen molar-refractivity contribution in [3.63, 3.8) is 0 Å². The highest BCUT2D eigenvalue weighted by atomic mass is 35.5. The Kier molecular flexibility index (Phi) is 3.53. The molecule has 1 saturated heterocycles. The number of ether oxygens (including phenoxy) is 2. The van der Waals surface area contributed by atoms with Crippen molar-refractivity contribution < 1.29 is 14.3 Å². The molecule has 0 N–H and O–H groups in total. The third-order valence-electron chi connectivity index (χ3n) is 2.46. The van der Waals surface area contributed by atoms with Gasteiger partial charge in [-0.05, 0) is 11.8 Å². The number of esters is 1. The van der Waals surface area contributed by atoms with Crippen LogP contribution in [0.2, 0.25) is 0 Å². The van der Waals surface area contributed by atoms with Gasteiger partial charge in [-0.3, -0.25) is 0 Å². The van der Waals surface area contributed by atoms with Crippen LogP contribution in [-0.2, 0) is 14.3 Å². The Morgan fingerprint density at radius 3 is 2.31 bits per heavy atom. The Hall–Kier alpha value is -0.320. The molecule has 4 nitrogen and oxygen atoms in total. The normalized spacial score (nSPS) is 22.7. The van der Waals surface area contributed by atoms with E-state index in [9.17, 15) is 4.79 Å². The zero-order chi connectivity index (χ0) is 9.90. The quantitative estimate of drug-likeness (QED) is 0.496. The van der Waals surface area contributed by atoms with Crippen LogP contribution in [0.4, 0.5) is 0 Å². The van der Waals surface area contributed by atoms with Crippen LogP contribution in [0, 0.1) is 0 Å². The Morgan fingerprint density at radius 1 is 1.38 bits per heavy atom. The monoisotopic (exact) mass is 207 g/mol. The van der Waals surface area contributed by atoms with Gasteiger partial charge in [0.05, 0.1) is 7.11 Å². The molecule has 1 fully saturated rings. The van der Waals surface area contributed by atoms with Crippen LogP contribution >= 0.6 is 11.8 Å². The number of methoxy groups -OCH3 is 2. The van der Waals surface area contributed by atoms with E-state index in [2.05, 4.69) is 0 Å². The van der Waals surface area contributed by atoms with E-state index >= 15 is 0 Å². The van der Waals surface area contributed by atoms with E-state index in [-0.39, 0.29) is 5.97 Å². The summed E-state index contributed by atoms with van der Waals surface area (Å²) in [6.07, 6.45) is 1.17. The summed E-state index contributed by atoms with van der Waals surface area (Å²) in [6.45, 7) is 1.29. The van der Waals surface area contributed by atoms with Crippen LogP contribution in [0.15, 0.2) is 0 Å². The number of carbonyl (C=O) groups is 1. The SMILES string of the molecule is COC(=O)C1(OC)CCN(Cl)CC1. The first-order chi connectivity index (χ1) is 6.14. The minimum absolute atomic E-state index is 0.306. The van der Waals surface area contributed by atoms with Gasteiger partial charge < -0.3 is 9.47 Å². The van der Waals surface area contributed by atoms with Gasteiger partial charge in [0.15, 0.2) is 5.60 Å². The topological polar surface area (TPSA) is 38.8 Å². The van der Waals surface area contributed by atoms with Crippen molar-refractivity contribution in [3.8, 4) is 0 Å². The van der Waals surface area contributed by atoms with E-state index in [1.165, 1.54) is 14.2 Å². The van der Waals surface area contributed by atoms with Crippen LogP contribution in [0.5, 0.6) is 0 Å². The maximum absolute atomic E-state index is 11.4. The number of halogens is 1. The van der Waals surface area contributed by atoms with E-state index in [1.807, 2.05) is 0 Å². The first kappa shape index (κ1) is 10.8. The summed E-state index contributed by atoms with van der Waals surface area (Å²) < 4.78 is 11.6. The van der Waals surface area contributed by atoms with Crippen LogP contribution in [0.1, 0.15) is 12.8 Å². The van der Waals surface area contributed by atoms with Crippen molar-refractivity contribution in [2.24, 2.45) is 0 Å². The van der Waals surface area contributed by atoms with E-state index < -0.39 is 5.60 Å². The average Bonchev–Trinajstić information content (AvgIpc) is 2.18. The van der Waals surface area contributed by atoms with Crippen molar-refractivity contribution in [3.05, 3.63) is 0 Å². The molecule has 76 valence electrons. The Balaban J connectivity index is 2.65. The second-order valence-electron chi connectivity index (χ2n) is 3.10. The molecule has 1 aliphatic heterocycles. The smallest absolute Gasteiger partial charge is 0.338 e. The lowest BCUT2D eigenvalue weighted by Crippen LogP contribution is -2.49. The number of piperidine rings is 1. The Morgan fingerprint density at radius 2 is 1.92 bits per heavy atom. The molecule has 0 amide bonds. The third-order valence-corrected chi connectivity index (χ3v) is 2.80. The zero-order valence-electron chi connectivity index (χ0n) is 7.88. The zero-order valence-corrected chi connectivity index (χ0v) is 8.63. The fourth-order valence-electron chi connectivity index (χ4n) is 1.52. The van der Waals surface area contributed by atoms with Crippen molar-refractivity contribution in [2.75, 3.05) is 27.3 Å². The van der Waals surface area contributed by atoms with Crippen molar-refractivity contribution in [2.45, 2.75) is 18.4 Å². The molecule has 0 bridgehead atoms. The standard InChI is InChI=1S/C8H14ClNO3/c1-12-7(11)8(13-2)3-5-10(9)6-4-8/h3-6H2,1-2H3. The molecule has 0 unspecified atom stereocenters. The van der Waals surface area contributed by atoms with Crippen LogP contribution < -0.4 is 0 Å². The molecule has 1 heterocycles. The van der Waals surface area contributed by atoms with Gasteiger partial charge in [0, 0.05) is 33.0 Å². The number of carbonyl (C=O) groups excluding carboxylic acids is 1. The van der Waals surface area contributed by atoms with Gasteiger partial charge in [0.1, 0.15) is 0 Å². The molecule has 1 rings (SSSR count). The lowest BCUT2D eigenvalue weighted by Gasteiger charge is -2.35. The molecule has 0 atom stereocenters. The predicted molar refractivity (Wildman–Crippen MR) is 48.4 cm³/mol. The number of nitrogens with zero attached hydrogens (tertiary/aromatic N) is 1. The lowest BCUT2D eigenvalue weighted by atomic mass is 9.92. The van der Waals surface area contributed by atoms with Gasteiger partial charge in [-0.1, -0.05) is 0 Å². The summed E-state index contributed by atoms with van der Waals surface area (Å²) in [6, 6.07) is 0. The Bertz CT molecular complexity index is 190. The highest BCUT2D eigenvalue weighted by Crippen LogP contribution is 2.27. The highest BCUT2D eigenvalue weighted by Gasteiger charge is 2.42. The number of rotatable bonds is 2. The maximum atomic E-state index is 11.4. The summed E-state index contributed by atoms with van der Waals surface area (Å²) >= 11 is 5.77. The second-order valence-corrected chi connectivity index (χ2v) is 3.58. The summed E-state index contributed by atoms with van der Waals surface area (Å²) in [4.78, 5) is 11.4. The minimum Gasteiger partial charge on any atom is -0.467 e. The summed E-state index contributed by atoms with van der Waals surface area (Å²) in [5.74, 6) is -0.306. The van der Waals surface area contributed by atoms with Crippen molar-refractivity contribution in [1.29, 1.82) is 0 Å².